The first-order valence-corrected chi connectivity index (χ1v) is 9.24. The number of likely N-dealkylation sites (tertiary alicyclic amines) is 1. The lowest BCUT2D eigenvalue weighted by Gasteiger charge is -2.32. The third-order valence-electron chi connectivity index (χ3n) is 4.92. The van der Waals surface area contributed by atoms with Crippen LogP contribution in [0, 0.1) is 0 Å². The summed E-state index contributed by atoms with van der Waals surface area (Å²) in [6, 6.07) is 19.6. The average molecular weight is 360 g/mol. The average Bonchev–Trinajstić information content (AvgIpc) is 2.63. The molecule has 0 amide bonds. The zero-order chi connectivity index (χ0) is 16.8. The highest BCUT2D eigenvalue weighted by Gasteiger charge is 2.23. The molecular formula is C22H30ClNO. The van der Waals surface area contributed by atoms with Crippen LogP contribution >= 0.6 is 12.4 Å². The van der Waals surface area contributed by atoms with Gasteiger partial charge in [0.05, 0.1) is 6.10 Å². The van der Waals surface area contributed by atoms with Crippen LogP contribution in [0.25, 0.3) is 0 Å². The summed E-state index contributed by atoms with van der Waals surface area (Å²) in [7, 11) is 2.19. The van der Waals surface area contributed by atoms with Gasteiger partial charge in [-0.15, -0.1) is 12.4 Å². The highest BCUT2D eigenvalue weighted by Crippen LogP contribution is 2.30. The van der Waals surface area contributed by atoms with Crippen LogP contribution in [0.3, 0.4) is 0 Å². The standard InChI is InChI=1S/C22H29NO.ClH/c1-3-7-18-10-12-20(13-11-18)22(19-8-5-4-6-9-19)24-21-14-16-23(2)17-15-21;/h4-6,8-13,21-22H,3,7,14-17H2,1-2H3;1H. The minimum atomic E-state index is 0. The molecule has 1 saturated heterocycles. The zero-order valence-electron chi connectivity index (χ0n) is 15.4. The first-order valence-electron chi connectivity index (χ1n) is 9.24. The van der Waals surface area contributed by atoms with Crippen LogP contribution in [0.5, 0.6) is 0 Å². The summed E-state index contributed by atoms with van der Waals surface area (Å²) in [6.45, 7) is 4.48. The number of rotatable bonds is 6. The van der Waals surface area contributed by atoms with E-state index in [2.05, 4.69) is 73.5 Å². The molecule has 0 aliphatic carbocycles. The molecule has 1 fully saturated rings. The number of piperidine rings is 1. The van der Waals surface area contributed by atoms with Crippen molar-refractivity contribution in [1.29, 1.82) is 0 Å². The van der Waals surface area contributed by atoms with Crippen molar-refractivity contribution in [2.75, 3.05) is 20.1 Å². The highest BCUT2D eigenvalue weighted by molar-refractivity contribution is 5.85. The van der Waals surface area contributed by atoms with Crippen molar-refractivity contribution in [1.82, 2.24) is 4.90 Å². The van der Waals surface area contributed by atoms with Crippen molar-refractivity contribution >= 4 is 12.4 Å². The van der Waals surface area contributed by atoms with Crippen LogP contribution in [-0.2, 0) is 11.2 Å². The van der Waals surface area contributed by atoms with Gasteiger partial charge in [-0.3, -0.25) is 0 Å². The summed E-state index contributed by atoms with van der Waals surface area (Å²) in [5.41, 5.74) is 3.92. The van der Waals surface area contributed by atoms with Crippen LogP contribution in [0.2, 0.25) is 0 Å². The number of hydrogen-bond acceptors (Lipinski definition) is 2. The Labute approximate surface area is 158 Å². The third-order valence-corrected chi connectivity index (χ3v) is 4.92. The monoisotopic (exact) mass is 359 g/mol. The van der Waals surface area contributed by atoms with E-state index < -0.39 is 0 Å². The van der Waals surface area contributed by atoms with Crippen LogP contribution in [0.15, 0.2) is 54.6 Å². The molecule has 3 rings (SSSR count). The van der Waals surface area contributed by atoms with E-state index in [4.69, 9.17) is 4.74 Å². The molecule has 0 aromatic heterocycles. The van der Waals surface area contributed by atoms with Gasteiger partial charge in [0.25, 0.3) is 0 Å². The summed E-state index contributed by atoms with van der Waals surface area (Å²) < 4.78 is 6.59. The molecule has 2 aromatic carbocycles. The second-order valence-corrected chi connectivity index (χ2v) is 6.92. The zero-order valence-corrected chi connectivity index (χ0v) is 16.2. The lowest BCUT2D eigenvalue weighted by molar-refractivity contribution is -0.0234. The third kappa shape index (κ3) is 5.57. The molecule has 2 nitrogen and oxygen atoms in total. The Bertz CT molecular complexity index is 606. The number of hydrogen-bond donors (Lipinski definition) is 0. The first kappa shape index (κ1) is 20.0. The normalized spacial score (nSPS) is 17.0. The first-order chi connectivity index (χ1) is 11.8. The number of halogens is 1. The molecule has 1 atom stereocenters. The van der Waals surface area contributed by atoms with Crippen molar-refractivity contribution < 1.29 is 4.74 Å². The van der Waals surface area contributed by atoms with E-state index >= 15 is 0 Å². The Balaban J connectivity index is 0.00000225. The smallest absolute Gasteiger partial charge is 0.108 e. The molecule has 0 radical (unpaired) electrons. The maximum absolute atomic E-state index is 6.59. The summed E-state index contributed by atoms with van der Waals surface area (Å²) in [5, 5.41) is 0. The molecule has 0 spiro atoms. The van der Waals surface area contributed by atoms with Gasteiger partial charge in [-0.1, -0.05) is 67.9 Å². The highest BCUT2D eigenvalue weighted by atomic mass is 35.5. The van der Waals surface area contributed by atoms with E-state index in [1.165, 1.54) is 23.1 Å². The number of aryl methyl sites for hydroxylation is 1. The number of ether oxygens (including phenoxy) is 1. The Morgan fingerprint density at radius 2 is 1.56 bits per heavy atom. The minimum absolute atomic E-state index is 0. The van der Waals surface area contributed by atoms with Gasteiger partial charge in [-0.05, 0) is 43.0 Å². The van der Waals surface area contributed by atoms with E-state index in [-0.39, 0.29) is 18.5 Å². The molecule has 1 heterocycles. The SMILES string of the molecule is CCCc1ccc(C(OC2CCN(C)CC2)c2ccccc2)cc1.Cl. The van der Waals surface area contributed by atoms with E-state index in [0.717, 1.165) is 32.4 Å². The molecule has 0 bridgehead atoms. The Morgan fingerprint density at radius 1 is 0.960 bits per heavy atom. The number of nitrogens with zero attached hydrogens (tertiary/aromatic N) is 1. The van der Waals surface area contributed by atoms with Gasteiger partial charge < -0.3 is 9.64 Å². The van der Waals surface area contributed by atoms with Gasteiger partial charge in [-0.2, -0.15) is 0 Å². The van der Waals surface area contributed by atoms with Crippen molar-refractivity contribution in [2.45, 2.75) is 44.8 Å². The van der Waals surface area contributed by atoms with E-state index in [9.17, 15) is 0 Å². The Kier molecular flexibility index (Phi) is 7.95. The lowest BCUT2D eigenvalue weighted by Crippen LogP contribution is -2.35. The predicted molar refractivity (Wildman–Crippen MR) is 108 cm³/mol. The summed E-state index contributed by atoms with van der Waals surface area (Å²) >= 11 is 0. The topological polar surface area (TPSA) is 12.5 Å². The fourth-order valence-electron chi connectivity index (χ4n) is 3.44. The Morgan fingerprint density at radius 3 is 2.16 bits per heavy atom. The fourth-order valence-corrected chi connectivity index (χ4v) is 3.44. The van der Waals surface area contributed by atoms with Crippen LogP contribution in [0.1, 0.15) is 49.0 Å². The van der Waals surface area contributed by atoms with Crippen LogP contribution in [-0.4, -0.2) is 31.1 Å². The molecule has 1 unspecified atom stereocenters. The maximum atomic E-state index is 6.59. The van der Waals surface area contributed by atoms with Crippen molar-refractivity contribution in [2.24, 2.45) is 0 Å². The van der Waals surface area contributed by atoms with Gasteiger partial charge >= 0.3 is 0 Å². The lowest BCUT2D eigenvalue weighted by atomic mass is 9.98. The molecule has 1 aliphatic rings. The second kappa shape index (κ2) is 9.96. The second-order valence-electron chi connectivity index (χ2n) is 6.92. The quantitative estimate of drug-likeness (QED) is 0.697. The largest absolute Gasteiger partial charge is 0.365 e. The molecule has 3 heteroatoms. The number of benzene rings is 2. The summed E-state index contributed by atoms with van der Waals surface area (Å²) in [6.07, 6.45) is 4.96. The van der Waals surface area contributed by atoms with E-state index in [0.29, 0.717) is 6.10 Å². The van der Waals surface area contributed by atoms with Gasteiger partial charge in [0.2, 0.25) is 0 Å². The van der Waals surface area contributed by atoms with Crippen molar-refractivity contribution in [3.63, 3.8) is 0 Å². The molecule has 25 heavy (non-hydrogen) atoms. The summed E-state index contributed by atoms with van der Waals surface area (Å²) in [4.78, 5) is 2.39. The molecule has 1 aliphatic heterocycles. The van der Waals surface area contributed by atoms with Crippen molar-refractivity contribution in [3.8, 4) is 0 Å². The van der Waals surface area contributed by atoms with Gasteiger partial charge in [0.15, 0.2) is 0 Å². The fraction of sp³-hybridized carbons (Fsp3) is 0.455. The van der Waals surface area contributed by atoms with Gasteiger partial charge in [-0.25, -0.2) is 0 Å². The predicted octanol–water partition coefficient (Wildman–Crippen LogP) is 5.26. The minimum Gasteiger partial charge on any atom is -0.365 e. The van der Waals surface area contributed by atoms with Gasteiger partial charge in [0, 0.05) is 13.1 Å². The molecule has 2 aromatic rings. The van der Waals surface area contributed by atoms with E-state index in [1.54, 1.807) is 0 Å². The maximum Gasteiger partial charge on any atom is 0.108 e. The summed E-state index contributed by atoms with van der Waals surface area (Å²) in [5.74, 6) is 0. The molecule has 136 valence electrons. The molecule has 0 N–H and O–H groups in total. The van der Waals surface area contributed by atoms with Crippen molar-refractivity contribution in [3.05, 3.63) is 71.3 Å². The molecular weight excluding hydrogens is 330 g/mol. The van der Waals surface area contributed by atoms with Crippen LogP contribution in [0.4, 0.5) is 0 Å². The Hall–Kier alpha value is -1.35. The van der Waals surface area contributed by atoms with E-state index in [1.807, 2.05) is 0 Å². The van der Waals surface area contributed by atoms with Crippen LogP contribution < -0.4 is 0 Å². The van der Waals surface area contributed by atoms with Gasteiger partial charge in [0.1, 0.15) is 6.10 Å². The molecule has 0 saturated carbocycles.